The molecule has 1 aliphatic heterocycles. The number of aromatic nitrogens is 1. The van der Waals surface area contributed by atoms with Gasteiger partial charge in [0.15, 0.2) is 0 Å². The van der Waals surface area contributed by atoms with Crippen molar-refractivity contribution < 1.29 is 0 Å². The summed E-state index contributed by atoms with van der Waals surface area (Å²) in [7, 11) is 0. The van der Waals surface area contributed by atoms with Crippen LogP contribution in [-0.2, 0) is 6.42 Å². The van der Waals surface area contributed by atoms with Crippen molar-refractivity contribution in [2.75, 3.05) is 32.7 Å². The lowest BCUT2D eigenvalue weighted by atomic mass is 10.0. The fraction of sp³-hybridized carbons (Fsp3) is 0.438. The van der Waals surface area contributed by atoms with E-state index in [4.69, 9.17) is 0 Å². The van der Waals surface area contributed by atoms with Crippen molar-refractivity contribution in [1.82, 2.24) is 15.2 Å². The molecule has 0 radical (unpaired) electrons. The zero-order valence-corrected chi connectivity index (χ0v) is 13.4. The summed E-state index contributed by atoms with van der Waals surface area (Å²) in [4.78, 5) is 7.17. The summed E-state index contributed by atoms with van der Waals surface area (Å²) >= 11 is 3.57. The van der Waals surface area contributed by atoms with Gasteiger partial charge in [0.1, 0.15) is 0 Å². The van der Waals surface area contributed by atoms with Crippen LogP contribution >= 0.6 is 15.9 Å². The standard InChI is InChI=1S/C16H20BrN3/c1-12-10-13(4-7-20-8-5-18-6-9-20)15-11-14(17)2-3-16(15)19-12/h2-3,10-11,18H,4-9H2,1H3. The Hall–Kier alpha value is -0.970. The topological polar surface area (TPSA) is 28.2 Å². The van der Waals surface area contributed by atoms with E-state index in [-0.39, 0.29) is 0 Å². The summed E-state index contributed by atoms with van der Waals surface area (Å²) in [6, 6.07) is 8.58. The van der Waals surface area contributed by atoms with E-state index in [2.05, 4.69) is 62.3 Å². The molecule has 3 nitrogen and oxygen atoms in total. The van der Waals surface area contributed by atoms with Crippen LogP contribution in [0, 0.1) is 6.92 Å². The molecule has 1 saturated heterocycles. The fourth-order valence-electron chi connectivity index (χ4n) is 2.84. The minimum absolute atomic E-state index is 1.09. The van der Waals surface area contributed by atoms with E-state index in [1.165, 1.54) is 10.9 Å². The van der Waals surface area contributed by atoms with Gasteiger partial charge in [-0.05, 0) is 43.2 Å². The average Bonchev–Trinajstić information content (AvgIpc) is 2.46. The second kappa shape index (κ2) is 6.20. The third-order valence-electron chi connectivity index (χ3n) is 3.89. The number of fused-ring (bicyclic) bond motifs is 1. The minimum Gasteiger partial charge on any atom is -0.314 e. The molecule has 1 aliphatic rings. The van der Waals surface area contributed by atoms with Crippen LogP contribution in [0.4, 0.5) is 0 Å². The molecule has 2 heterocycles. The smallest absolute Gasteiger partial charge is 0.0708 e. The van der Waals surface area contributed by atoms with Crippen molar-refractivity contribution in [1.29, 1.82) is 0 Å². The lowest BCUT2D eigenvalue weighted by molar-refractivity contribution is 0.244. The quantitative estimate of drug-likeness (QED) is 0.936. The number of hydrogen-bond acceptors (Lipinski definition) is 3. The summed E-state index contributed by atoms with van der Waals surface area (Å²) in [5, 5.41) is 4.68. The molecule has 1 aromatic heterocycles. The zero-order chi connectivity index (χ0) is 13.9. The summed E-state index contributed by atoms with van der Waals surface area (Å²) in [5.41, 5.74) is 3.62. The van der Waals surface area contributed by atoms with E-state index in [0.29, 0.717) is 0 Å². The normalized spacial score (nSPS) is 16.7. The fourth-order valence-corrected chi connectivity index (χ4v) is 3.20. The predicted molar refractivity (Wildman–Crippen MR) is 87.2 cm³/mol. The number of pyridine rings is 1. The van der Waals surface area contributed by atoms with Gasteiger partial charge in [0, 0.05) is 48.3 Å². The van der Waals surface area contributed by atoms with Crippen LogP contribution in [0.2, 0.25) is 0 Å². The highest BCUT2D eigenvalue weighted by atomic mass is 79.9. The highest BCUT2D eigenvalue weighted by molar-refractivity contribution is 9.10. The first-order valence-electron chi connectivity index (χ1n) is 7.21. The van der Waals surface area contributed by atoms with E-state index in [1.54, 1.807) is 0 Å². The predicted octanol–water partition coefficient (Wildman–Crippen LogP) is 2.75. The Bertz CT molecular complexity index is 606. The molecular weight excluding hydrogens is 314 g/mol. The van der Waals surface area contributed by atoms with Gasteiger partial charge < -0.3 is 10.2 Å². The maximum Gasteiger partial charge on any atom is 0.0708 e. The molecule has 0 bridgehead atoms. The maximum atomic E-state index is 4.63. The molecule has 1 aromatic carbocycles. The van der Waals surface area contributed by atoms with E-state index in [1.807, 2.05) is 0 Å². The van der Waals surface area contributed by atoms with Crippen molar-refractivity contribution in [2.24, 2.45) is 0 Å². The molecular formula is C16H20BrN3. The van der Waals surface area contributed by atoms with Gasteiger partial charge in [-0.15, -0.1) is 0 Å². The lowest BCUT2D eigenvalue weighted by Gasteiger charge is -2.27. The van der Waals surface area contributed by atoms with Crippen LogP contribution < -0.4 is 5.32 Å². The summed E-state index contributed by atoms with van der Waals surface area (Å²) in [6.07, 6.45) is 1.09. The van der Waals surface area contributed by atoms with Gasteiger partial charge in [0.25, 0.3) is 0 Å². The molecule has 2 aromatic rings. The van der Waals surface area contributed by atoms with Crippen LogP contribution in [0.15, 0.2) is 28.7 Å². The highest BCUT2D eigenvalue weighted by Crippen LogP contribution is 2.23. The largest absolute Gasteiger partial charge is 0.314 e. The molecule has 1 fully saturated rings. The number of hydrogen-bond donors (Lipinski definition) is 1. The third-order valence-corrected chi connectivity index (χ3v) is 4.38. The lowest BCUT2D eigenvalue weighted by Crippen LogP contribution is -2.44. The molecule has 0 spiro atoms. The summed E-state index contributed by atoms with van der Waals surface area (Å²) in [5.74, 6) is 0. The van der Waals surface area contributed by atoms with Crippen LogP contribution in [-0.4, -0.2) is 42.6 Å². The molecule has 20 heavy (non-hydrogen) atoms. The first kappa shape index (κ1) is 14.0. The zero-order valence-electron chi connectivity index (χ0n) is 11.8. The minimum atomic E-state index is 1.09. The third kappa shape index (κ3) is 3.19. The SMILES string of the molecule is Cc1cc(CCN2CCNCC2)c2cc(Br)ccc2n1. The Morgan fingerprint density at radius 2 is 2.05 bits per heavy atom. The van der Waals surface area contributed by atoms with Crippen LogP contribution in [0.1, 0.15) is 11.3 Å². The molecule has 1 N–H and O–H groups in total. The van der Waals surface area contributed by atoms with Gasteiger partial charge in [-0.3, -0.25) is 4.98 Å². The highest BCUT2D eigenvalue weighted by Gasteiger charge is 2.11. The van der Waals surface area contributed by atoms with Gasteiger partial charge in [-0.25, -0.2) is 0 Å². The molecule has 106 valence electrons. The van der Waals surface area contributed by atoms with E-state index in [9.17, 15) is 0 Å². The van der Waals surface area contributed by atoms with Crippen molar-refractivity contribution in [2.45, 2.75) is 13.3 Å². The molecule has 0 atom stereocenters. The molecule has 4 heteroatoms. The maximum absolute atomic E-state index is 4.63. The van der Waals surface area contributed by atoms with Crippen LogP contribution in [0.25, 0.3) is 10.9 Å². The second-order valence-electron chi connectivity index (χ2n) is 5.43. The summed E-state index contributed by atoms with van der Waals surface area (Å²) < 4.78 is 1.12. The molecule has 0 aliphatic carbocycles. The van der Waals surface area contributed by atoms with Gasteiger partial charge >= 0.3 is 0 Å². The average molecular weight is 334 g/mol. The van der Waals surface area contributed by atoms with Gasteiger partial charge in [-0.2, -0.15) is 0 Å². The number of rotatable bonds is 3. The first-order valence-corrected chi connectivity index (χ1v) is 8.00. The van der Waals surface area contributed by atoms with Crippen molar-refractivity contribution >= 4 is 26.8 Å². The van der Waals surface area contributed by atoms with Crippen molar-refractivity contribution in [3.8, 4) is 0 Å². The second-order valence-corrected chi connectivity index (χ2v) is 6.34. The Labute approximate surface area is 128 Å². The summed E-state index contributed by atoms with van der Waals surface area (Å²) in [6.45, 7) is 7.75. The Morgan fingerprint density at radius 1 is 1.25 bits per heavy atom. The molecule has 0 saturated carbocycles. The number of piperazine rings is 1. The van der Waals surface area contributed by atoms with Gasteiger partial charge in [0.05, 0.1) is 5.52 Å². The molecule has 3 rings (SSSR count). The van der Waals surface area contributed by atoms with E-state index < -0.39 is 0 Å². The number of aryl methyl sites for hydroxylation is 1. The van der Waals surface area contributed by atoms with Crippen molar-refractivity contribution in [3.63, 3.8) is 0 Å². The Morgan fingerprint density at radius 3 is 2.85 bits per heavy atom. The number of nitrogens with zero attached hydrogens (tertiary/aromatic N) is 2. The number of nitrogens with one attached hydrogen (secondary N) is 1. The monoisotopic (exact) mass is 333 g/mol. The van der Waals surface area contributed by atoms with E-state index >= 15 is 0 Å². The number of benzene rings is 1. The van der Waals surface area contributed by atoms with Gasteiger partial charge in [-0.1, -0.05) is 15.9 Å². The Balaban J connectivity index is 1.83. The molecule has 0 amide bonds. The van der Waals surface area contributed by atoms with Gasteiger partial charge in [0.2, 0.25) is 0 Å². The first-order chi connectivity index (χ1) is 9.72. The van der Waals surface area contributed by atoms with Crippen LogP contribution in [0.3, 0.4) is 0 Å². The van der Waals surface area contributed by atoms with Crippen LogP contribution in [0.5, 0.6) is 0 Å². The molecule has 0 unspecified atom stereocenters. The number of halogens is 1. The van der Waals surface area contributed by atoms with Crippen molar-refractivity contribution in [3.05, 3.63) is 40.0 Å². The Kier molecular flexibility index (Phi) is 4.34. The van der Waals surface area contributed by atoms with E-state index in [0.717, 1.165) is 54.8 Å².